The van der Waals surface area contributed by atoms with Crippen LogP contribution in [0.5, 0.6) is 11.5 Å². The number of carbonyl (C=O) groups excluding carboxylic acids is 1. The molecule has 1 aromatic heterocycles. The minimum atomic E-state index is -0.199. The molecule has 2 aliphatic carbocycles. The maximum atomic E-state index is 12.6. The molecule has 0 atom stereocenters. The van der Waals surface area contributed by atoms with Crippen LogP contribution in [0.1, 0.15) is 51.4 Å². The van der Waals surface area contributed by atoms with Gasteiger partial charge in [-0.3, -0.25) is 0 Å². The van der Waals surface area contributed by atoms with Gasteiger partial charge >= 0.3 is 6.03 Å². The molecular weight excluding hydrogens is 432 g/mol. The molecule has 1 heterocycles. The van der Waals surface area contributed by atoms with Crippen molar-refractivity contribution in [2.75, 3.05) is 36.7 Å². The molecule has 2 fully saturated rings. The smallest absolute Gasteiger partial charge is 0.319 e. The van der Waals surface area contributed by atoms with E-state index in [-0.39, 0.29) is 18.2 Å². The van der Waals surface area contributed by atoms with Gasteiger partial charge in [0, 0.05) is 44.1 Å². The number of aromatic nitrogens is 2. The van der Waals surface area contributed by atoms with Crippen LogP contribution < -0.4 is 30.3 Å². The van der Waals surface area contributed by atoms with E-state index in [0.717, 1.165) is 44.3 Å². The summed E-state index contributed by atoms with van der Waals surface area (Å²) in [6, 6.07) is 7.65. The van der Waals surface area contributed by atoms with Gasteiger partial charge in [0.2, 0.25) is 5.95 Å². The van der Waals surface area contributed by atoms with Gasteiger partial charge in [-0.15, -0.1) is 0 Å². The predicted octanol–water partition coefficient (Wildman–Crippen LogP) is 4.42. The molecule has 4 rings (SSSR count). The summed E-state index contributed by atoms with van der Waals surface area (Å²) in [7, 11) is 5.56. The van der Waals surface area contributed by atoms with Crippen LogP contribution in [-0.2, 0) is 0 Å². The largest absolute Gasteiger partial charge is 0.493 e. The lowest BCUT2D eigenvalue weighted by Crippen LogP contribution is -2.42. The van der Waals surface area contributed by atoms with Crippen molar-refractivity contribution >= 4 is 23.5 Å². The first-order valence-corrected chi connectivity index (χ1v) is 12.2. The first kappa shape index (κ1) is 23.9. The molecule has 0 aliphatic heterocycles. The summed E-state index contributed by atoms with van der Waals surface area (Å²) in [5, 5.41) is 9.49. The lowest BCUT2D eigenvalue weighted by atomic mass is 9.91. The molecule has 2 aromatic rings. The Morgan fingerprint density at radius 3 is 2.44 bits per heavy atom. The van der Waals surface area contributed by atoms with E-state index >= 15 is 0 Å². The number of urea groups is 1. The van der Waals surface area contributed by atoms with E-state index in [4.69, 9.17) is 9.47 Å². The number of ether oxygens (including phenoxy) is 2. The fourth-order valence-electron chi connectivity index (χ4n) is 4.62. The number of hydrogen-bond acceptors (Lipinski definition) is 7. The molecule has 3 N–H and O–H groups in total. The summed E-state index contributed by atoms with van der Waals surface area (Å²) in [6.07, 6.45) is 10.2. The lowest BCUT2D eigenvalue weighted by molar-refractivity contribution is 0.201. The Kier molecular flexibility index (Phi) is 7.92. The Morgan fingerprint density at radius 2 is 1.74 bits per heavy atom. The molecule has 184 valence electrons. The molecule has 9 heteroatoms. The van der Waals surface area contributed by atoms with Gasteiger partial charge in [-0.25, -0.2) is 9.78 Å². The second-order valence-electron chi connectivity index (χ2n) is 9.31. The normalized spacial score (nSPS) is 20.4. The van der Waals surface area contributed by atoms with E-state index in [1.54, 1.807) is 13.3 Å². The van der Waals surface area contributed by atoms with E-state index in [0.29, 0.717) is 29.2 Å². The predicted molar refractivity (Wildman–Crippen MR) is 134 cm³/mol. The Hall–Kier alpha value is -3.23. The average molecular weight is 469 g/mol. The van der Waals surface area contributed by atoms with Gasteiger partial charge in [0.25, 0.3) is 0 Å². The van der Waals surface area contributed by atoms with Crippen LogP contribution >= 0.6 is 0 Å². The van der Waals surface area contributed by atoms with E-state index in [9.17, 15) is 4.79 Å². The van der Waals surface area contributed by atoms with Gasteiger partial charge in [0.05, 0.1) is 13.2 Å². The van der Waals surface area contributed by atoms with Gasteiger partial charge in [0.1, 0.15) is 5.82 Å². The number of rotatable bonds is 8. The van der Waals surface area contributed by atoms with Crippen LogP contribution in [0.4, 0.5) is 22.2 Å². The highest BCUT2D eigenvalue weighted by molar-refractivity contribution is 5.89. The minimum Gasteiger partial charge on any atom is -0.493 e. The zero-order valence-electron chi connectivity index (χ0n) is 20.3. The third-order valence-electron chi connectivity index (χ3n) is 6.51. The monoisotopic (exact) mass is 468 g/mol. The summed E-state index contributed by atoms with van der Waals surface area (Å²) >= 11 is 0. The van der Waals surface area contributed by atoms with Crippen molar-refractivity contribution in [1.29, 1.82) is 0 Å². The molecule has 0 radical (unpaired) electrons. The zero-order valence-corrected chi connectivity index (χ0v) is 20.3. The third-order valence-corrected chi connectivity index (χ3v) is 6.51. The molecule has 2 saturated carbocycles. The molecule has 0 bridgehead atoms. The molecule has 0 saturated heterocycles. The Balaban J connectivity index is 1.25. The van der Waals surface area contributed by atoms with Crippen LogP contribution in [-0.4, -0.2) is 55.4 Å². The fourth-order valence-corrected chi connectivity index (χ4v) is 4.62. The zero-order chi connectivity index (χ0) is 23.9. The number of anilines is 3. The molecule has 2 amide bonds. The van der Waals surface area contributed by atoms with Gasteiger partial charge in [-0.1, -0.05) is 0 Å². The standard InChI is InChI=1S/C25H36N6O3/c1-31(2)23-14-15-26-24(30-23)27-17-8-10-18(11-9-17)28-25(32)29-19-12-13-21(33-3)22(16-19)34-20-6-4-5-7-20/h12-18,20H,4-11H2,1-3H3,(H,26,27,30)(H2,28,29,32)/t17-,18+. The van der Waals surface area contributed by atoms with Crippen LogP contribution in [0.25, 0.3) is 0 Å². The number of methoxy groups -OCH3 is 1. The van der Waals surface area contributed by atoms with Crippen molar-refractivity contribution in [2.45, 2.75) is 69.6 Å². The maximum Gasteiger partial charge on any atom is 0.319 e. The number of hydrogen-bond donors (Lipinski definition) is 3. The summed E-state index contributed by atoms with van der Waals surface area (Å²) in [6.45, 7) is 0. The Labute approximate surface area is 201 Å². The van der Waals surface area contributed by atoms with Crippen LogP contribution in [0.3, 0.4) is 0 Å². The summed E-state index contributed by atoms with van der Waals surface area (Å²) in [5.74, 6) is 2.89. The van der Waals surface area contributed by atoms with Crippen LogP contribution in [0.15, 0.2) is 30.5 Å². The fraction of sp³-hybridized carbons (Fsp3) is 0.560. The Bertz CT molecular complexity index is 955. The minimum absolute atomic E-state index is 0.138. The van der Waals surface area contributed by atoms with Gasteiger partial charge in [0.15, 0.2) is 11.5 Å². The molecule has 9 nitrogen and oxygen atoms in total. The number of benzene rings is 1. The van der Waals surface area contributed by atoms with Crippen LogP contribution in [0.2, 0.25) is 0 Å². The molecular formula is C25H36N6O3. The summed E-state index contributed by atoms with van der Waals surface area (Å²) in [4.78, 5) is 23.5. The van der Waals surface area contributed by atoms with Crippen molar-refractivity contribution in [3.8, 4) is 11.5 Å². The van der Waals surface area contributed by atoms with E-state index in [1.165, 1.54) is 12.8 Å². The number of carbonyl (C=O) groups is 1. The third kappa shape index (κ3) is 6.42. The van der Waals surface area contributed by atoms with E-state index in [1.807, 2.05) is 43.3 Å². The molecule has 34 heavy (non-hydrogen) atoms. The van der Waals surface area contributed by atoms with Crippen molar-refractivity contribution in [1.82, 2.24) is 15.3 Å². The Morgan fingerprint density at radius 1 is 1.00 bits per heavy atom. The van der Waals surface area contributed by atoms with Gasteiger partial charge in [-0.05, 0) is 69.6 Å². The van der Waals surface area contributed by atoms with Crippen molar-refractivity contribution in [3.05, 3.63) is 30.5 Å². The van der Waals surface area contributed by atoms with E-state index in [2.05, 4.69) is 25.9 Å². The highest BCUT2D eigenvalue weighted by Crippen LogP contribution is 2.34. The molecule has 0 unspecified atom stereocenters. The van der Waals surface area contributed by atoms with Gasteiger partial charge in [-0.2, -0.15) is 4.98 Å². The first-order chi connectivity index (χ1) is 16.5. The second-order valence-corrected chi connectivity index (χ2v) is 9.31. The quantitative estimate of drug-likeness (QED) is 0.527. The van der Waals surface area contributed by atoms with Gasteiger partial charge < -0.3 is 30.3 Å². The summed E-state index contributed by atoms with van der Waals surface area (Å²) < 4.78 is 11.6. The SMILES string of the molecule is COc1ccc(NC(=O)N[C@H]2CC[C@@H](Nc3nccc(N(C)C)n3)CC2)cc1OC1CCCC1. The maximum absolute atomic E-state index is 12.6. The molecule has 0 spiro atoms. The number of nitrogens with one attached hydrogen (secondary N) is 3. The average Bonchev–Trinajstić information content (AvgIpc) is 3.34. The van der Waals surface area contributed by atoms with E-state index < -0.39 is 0 Å². The van der Waals surface area contributed by atoms with Crippen molar-refractivity contribution in [2.24, 2.45) is 0 Å². The molecule has 2 aliphatic rings. The summed E-state index contributed by atoms with van der Waals surface area (Å²) in [5.41, 5.74) is 0.694. The first-order valence-electron chi connectivity index (χ1n) is 12.2. The highest BCUT2D eigenvalue weighted by atomic mass is 16.5. The highest BCUT2D eigenvalue weighted by Gasteiger charge is 2.23. The topological polar surface area (TPSA) is 101 Å². The van der Waals surface area contributed by atoms with Crippen molar-refractivity contribution in [3.63, 3.8) is 0 Å². The number of amides is 2. The second kappa shape index (κ2) is 11.3. The molecule has 1 aromatic carbocycles. The van der Waals surface area contributed by atoms with Crippen LogP contribution in [0, 0.1) is 0 Å². The lowest BCUT2D eigenvalue weighted by Gasteiger charge is -2.29. The van der Waals surface area contributed by atoms with Crippen molar-refractivity contribution < 1.29 is 14.3 Å². The number of nitrogens with zero attached hydrogens (tertiary/aromatic N) is 3.